The maximum Gasteiger partial charge on any atom is 0.311 e. The molecule has 0 spiro atoms. The van der Waals surface area contributed by atoms with Crippen LogP contribution in [-0.2, 0) is 9.53 Å². The first-order valence-corrected chi connectivity index (χ1v) is 6.65. The van der Waals surface area contributed by atoms with Gasteiger partial charge in [0.05, 0.1) is 4.92 Å². The molecular formula is C13H17N3O4. The van der Waals surface area contributed by atoms with E-state index in [1.54, 1.807) is 19.2 Å². The molecule has 2 heterocycles. The summed E-state index contributed by atoms with van der Waals surface area (Å²) in [5.74, 6) is 0.185. The van der Waals surface area contributed by atoms with Gasteiger partial charge in [0.25, 0.3) is 0 Å². The van der Waals surface area contributed by atoms with Crippen LogP contribution in [0.1, 0.15) is 26.2 Å². The van der Waals surface area contributed by atoms with Gasteiger partial charge < -0.3 is 9.64 Å². The molecule has 7 heteroatoms. The van der Waals surface area contributed by atoms with E-state index in [2.05, 4.69) is 4.98 Å². The number of nitrogens with zero attached hydrogens (tertiary/aromatic N) is 3. The molecule has 0 radical (unpaired) electrons. The van der Waals surface area contributed by atoms with Crippen LogP contribution in [0.4, 0.5) is 11.5 Å². The largest absolute Gasteiger partial charge is 0.462 e. The van der Waals surface area contributed by atoms with Crippen molar-refractivity contribution in [1.29, 1.82) is 0 Å². The summed E-state index contributed by atoms with van der Waals surface area (Å²) in [6.07, 6.45) is 3.15. The minimum Gasteiger partial charge on any atom is -0.462 e. The third kappa shape index (κ3) is 3.23. The molecule has 0 bridgehead atoms. The number of rotatable bonds is 4. The first-order valence-electron chi connectivity index (χ1n) is 6.65. The van der Waals surface area contributed by atoms with E-state index in [9.17, 15) is 14.9 Å². The van der Waals surface area contributed by atoms with E-state index in [0.29, 0.717) is 38.2 Å². The highest BCUT2D eigenvalue weighted by atomic mass is 16.6. The average Bonchev–Trinajstić information content (AvgIpc) is 2.48. The Bertz CT molecular complexity index is 498. The molecule has 7 nitrogen and oxygen atoms in total. The molecule has 0 saturated carbocycles. The first-order chi connectivity index (χ1) is 9.61. The number of hydrogen-bond acceptors (Lipinski definition) is 6. The molecule has 1 aliphatic rings. The molecule has 0 aromatic carbocycles. The Morgan fingerprint density at radius 1 is 1.55 bits per heavy atom. The second kappa shape index (κ2) is 6.31. The molecule has 0 N–H and O–H groups in total. The number of esters is 1. The quantitative estimate of drug-likeness (QED) is 0.475. The maximum absolute atomic E-state index is 11.2. The lowest BCUT2D eigenvalue weighted by Gasteiger charge is -2.32. The zero-order valence-corrected chi connectivity index (χ0v) is 11.3. The number of carbonyl (C=O) groups excluding carboxylic acids is 1. The Hall–Kier alpha value is -2.18. The number of hydrogen-bond donors (Lipinski definition) is 0. The highest BCUT2D eigenvalue weighted by Gasteiger charge is 2.27. The number of anilines is 1. The zero-order chi connectivity index (χ0) is 14.5. The highest BCUT2D eigenvalue weighted by Crippen LogP contribution is 2.28. The summed E-state index contributed by atoms with van der Waals surface area (Å²) in [5, 5.41) is 11.0. The number of aromatic nitrogens is 1. The Morgan fingerprint density at radius 3 is 2.85 bits per heavy atom. The van der Waals surface area contributed by atoms with Crippen LogP contribution in [0.25, 0.3) is 0 Å². The van der Waals surface area contributed by atoms with E-state index in [1.165, 1.54) is 6.07 Å². The van der Waals surface area contributed by atoms with Gasteiger partial charge in [-0.05, 0) is 6.07 Å². The van der Waals surface area contributed by atoms with Crippen molar-refractivity contribution >= 4 is 17.5 Å². The maximum atomic E-state index is 11.2. The van der Waals surface area contributed by atoms with Crippen molar-refractivity contribution in [2.45, 2.75) is 32.3 Å². The number of nitro groups is 1. The molecule has 0 atom stereocenters. The van der Waals surface area contributed by atoms with E-state index in [4.69, 9.17) is 4.74 Å². The molecule has 20 heavy (non-hydrogen) atoms. The Morgan fingerprint density at radius 2 is 2.25 bits per heavy atom. The van der Waals surface area contributed by atoms with Crippen LogP contribution < -0.4 is 4.90 Å². The number of carbonyl (C=O) groups is 1. The van der Waals surface area contributed by atoms with Crippen molar-refractivity contribution in [2.24, 2.45) is 0 Å². The molecule has 1 saturated heterocycles. The predicted octanol–water partition coefficient (Wildman–Crippen LogP) is 1.91. The molecule has 2 rings (SSSR count). The summed E-state index contributed by atoms with van der Waals surface area (Å²) in [4.78, 5) is 27.8. The molecule has 0 aliphatic carbocycles. The van der Waals surface area contributed by atoms with Gasteiger partial charge in [0.2, 0.25) is 5.82 Å². The average molecular weight is 279 g/mol. The molecule has 1 aromatic heterocycles. The van der Waals surface area contributed by atoms with Crippen LogP contribution in [0.2, 0.25) is 0 Å². The van der Waals surface area contributed by atoms with Crippen molar-refractivity contribution < 1.29 is 14.5 Å². The lowest BCUT2D eigenvalue weighted by atomic mass is 10.1. The number of pyridine rings is 1. The third-order valence-corrected chi connectivity index (χ3v) is 3.29. The van der Waals surface area contributed by atoms with Gasteiger partial charge in [-0.15, -0.1) is 0 Å². The van der Waals surface area contributed by atoms with Gasteiger partial charge >= 0.3 is 11.7 Å². The van der Waals surface area contributed by atoms with Gasteiger partial charge in [-0.25, -0.2) is 4.98 Å². The van der Waals surface area contributed by atoms with Crippen LogP contribution in [-0.4, -0.2) is 35.1 Å². The van der Waals surface area contributed by atoms with Gasteiger partial charge in [-0.1, -0.05) is 6.92 Å². The van der Waals surface area contributed by atoms with Gasteiger partial charge in [-0.2, -0.15) is 0 Å². The minimum atomic E-state index is -0.425. The first kappa shape index (κ1) is 14.2. The number of piperidine rings is 1. The molecule has 0 unspecified atom stereocenters. The second-order valence-corrected chi connectivity index (χ2v) is 4.63. The number of ether oxygens (including phenoxy) is 1. The van der Waals surface area contributed by atoms with E-state index in [0.717, 1.165) is 0 Å². The zero-order valence-electron chi connectivity index (χ0n) is 11.3. The van der Waals surface area contributed by atoms with Gasteiger partial charge in [-0.3, -0.25) is 14.9 Å². The summed E-state index contributed by atoms with van der Waals surface area (Å²) in [6, 6.07) is 3.00. The lowest BCUT2D eigenvalue weighted by Crippen LogP contribution is -2.38. The molecule has 1 aromatic rings. The van der Waals surface area contributed by atoms with Crippen LogP contribution >= 0.6 is 0 Å². The van der Waals surface area contributed by atoms with Gasteiger partial charge in [0.1, 0.15) is 6.10 Å². The normalized spacial score (nSPS) is 15.9. The molecule has 1 aliphatic heterocycles. The lowest BCUT2D eigenvalue weighted by molar-refractivity contribution is -0.384. The smallest absolute Gasteiger partial charge is 0.311 e. The van der Waals surface area contributed by atoms with Crippen molar-refractivity contribution in [3.05, 3.63) is 28.4 Å². The summed E-state index contributed by atoms with van der Waals surface area (Å²) < 4.78 is 5.28. The monoisotopic (exact) mass is 279 g/mol. The SMILES string of the molecule is CCC(=O)OC1CCN(c2ncccc2[N+](=O)[O-])CC1. The van der Waals surface area contributed by atoms with Gasteiger partial charge in [0, 0.05) is 44.6 Å². The fourth-order valence-corrected chi connectivity index (χ4v) is 2.23. The Kier molecular flexibility index (Phi) is 4.49. The second-order valence-electron chi connectivity index (χ2n) is 4.63. The van der Waals surface area contributed by atoms with E-state index in [1.807, 2.05) is 4.90 Å². The highest BCUT2D eigenvalue weighted by molar-refractivity contribution is 5.69. The van der Waals surface area contributed by atoms with Crippen molar-refractivity contribution in [2.75, 3.05) is 18.0 Å². The summed E-state index contributed by atoms with van der Waals surface area (Å²) in [5.41, 5.74) is 0.0107. The Labute approximate surface area is 116 Å². The van der Waals surface area contributed by atoms with E-state index in [-0.39, 0.29) is 17.8 Å². The predicted molar refractivity (Wildman–Crippen MR) is 72.5 cm³/mol. The molecule has 1 fully saturated rings. The molecule has 0 amide bonds. The molecular weight excluding hydrogens is 262 g/mol. The summed E-state index contributed by atoms with van der Waals surface area (Å²) in [7, 11) is 0. The molecule has 108 valence electrons. The summed E-state index contributed by atoms with van der Waals surface area (Å²) in [6.45, 7) is 2.95. The Balaban J connectivity index is 2.01. The van der Waals surface area contributed by atoms with E-state index >= 15 is 0 Å². The van der Waals surface area contributed by atoms with Crippen molar-refractivity contribution in [3.63, 3.8) is 0 Å². The van der Waals surface area contributed by atoms with E-state index < -0.39 is 4.92 Å². The fourth-order valence-electron chi connectivity index (χ4n) is 2.23. The fraction of sp³-hybridized carbons (Fsp3) is 0.538. The van der Waals surface area contributed by atoms with Crippen LogP contribution in [0.15, 0.2) is 18.3 Å². The summed E-state index contributed by atoms with van der Waals surface area (Å²) >= 11 is 0. The minimum absolute atomic E-state index is 0.0107. The third-order valence-electron chi connectivity index (χ3n) is 3.29. The standard InChI is InChI=1S/C13H17N3O4/c1-2-12(17)20-10-5-8-15(9-6-10)13-11(16(18)19)4-3-7-14-13/h3-4,7,10H,2,5-6,8-9H2,1H3. The van der Waals surface area contributed by atoms with Crippen LogP contribution in [0.3, 0.4) is 0 Å². The van der Waals surface area contributed by atoms with Crippen molar-refractivity contribution in [3.8, 4) is 0 Å². The van der Waals surface area contributed by atoms with Gasteiger partial charge in [0.15, 0.2) is 0 Å². The van der Waals surface area contributed by atoms with Crippen molar-refractivity contribution in [1.82, 2.24) is 4.98 Å². The van der Waals surface area contributed by atoms with Crippen LogP contribution in [0, 0.1) is 10.1 Å². The van der Waals surface area contributed by atoms with Crippen LogP contribution in [0.5, 0.6) is 0 Å². The topological polar surface area (TPSA) is 85.6 Å².